The number of nitrogens with one attached hydrogen (secondary N) is 1. The lowest BCUT2D eigenvalue weighted by Gasteiger charge is -2.26. The third-order valence-corrected chi connectivity index (χ3v) is 4.41. The van der Waals surface area contributed by atoms with Crippen molar-refractivity contribution in [3.8, 4) is 0 Å². The quantitative estimate of drug-likeness (QED) is 0.563. The lowest BCUT2D eigenvalue weighted by atomic mass is 9.92. The molecule has 0 aromatic carbocycles. The van der Waals surface area contributed by atoms with Crippen molar-refractivity contribution in [3.63, 3.8) is 0 Å². The Morgan fingerprint density at radius 2 is 1.94 bits per heavy atom. The summed E-state index contributed by atoms with van der Waals surface area (Å²) in [5.74, 6) is 1.79. The van der Waals surface area contributed by atoms with Gasteiger partial charge in [0.25, 0.3) is 0 Å². The Kier molecular flexibility index (Phi) is 4.90. The second kappa shape index (κ2) is 6.44. The first-order valence-corrected chi connectivity index (χ1v) is 7.24. The highest BCUT2D eigenvalue weighted by Crippen LogP contribution is 2.24. The van der Waals surface area contributed by atoms with Crippen LogP contribution in [0, 0.1) is 11.8 Å². The summed E-state index contributed by atoms with van der Waals surface area (Å²) >= 11 is 0. The van der Waals surface area contributed by atoms with E-state index >= 15 is 0 Å². The molecule has 0 saturated heterocycles. The van der Waals surface area contributed by atoms with E-state index in [1.54, 1.807) is 0 Å². The second-order valence-corrected chi connectivity index (χ2v) is 5.78. The molecule has 2 aliphatic rings. The minimum absolute atomic E-state index is 0.799. The molecule has 0 bridgehead atoms. The van der Waals surface area contributed by atoms with Gasteiger partial charge < -0.3 is 5.32 Å². The van der Waals surface area contributed by atoms with Gasteiger partial charge in [0.1, 0.15) is 0 Å². The van der Waals surface area contributed by atoms with Crippen molar-refractivity contribution < 1.29 is 0 Å². The number of rotatable bonds is 3. The normalized spacial score (nSPS) is 35.9. The third-order valence-electron chi connectivity index (χ3n) is 4.41. The summed E-state index contributed by atoms with van der Waals surface area (Å²) in [6.45, 7) is 3.68. The lowest BCUT2D eigenvalue weighted by Crippen LogP contribution is -2.37. The molecule has 92 valence electrons. The van der Waals surface area contributed by atoms with Gasteiger partial charge in [0, 0.05) is 6.04 Å². The highest BCUT2D eigenvalue weighted by Gasteiger charge is 2.20. The summed E-state index contributed by atoms with van der Waals surface area (Å²) in [6, 6.07) is 0.799. The summed E-state index contributed by atoms with van der Waals surface area (Å²) < 4.78 is 0. The average Bonchev–Trinajstić information content (AvgIpc) is 2.53. The number of hydrogen-bond donors (Lipinski definition) is 1. The highest BCUT2D eigenvalue weighted by molar-refractivity contribution is 4.91. The first kappa shape index (κ1) is 12.2. The molecule has 0 spiro atoms. The minimum atomic E-state index is 0.799. The Labute approximate surface area is 101 Å². The molecule has 16 heavy (non-hydrogen) atoms. The molecule has 0 heterocycles. The van der Waals surface area contributed by atoms with Crippen molar-refractivity contribution >= 4 is 0 Å². The predicted octanol–water partition coefficient (Wildman–Crippen LogP) is 3.90. The van der Waals surface area contributed by atoms with Gasteiger partial charge in [-0.05, 0) is 50.5 Å². The summed E-state index contributed by atoms with van der Waals surface area (Å²) in [6.07, 6.45) is 15.9. The summed E-state index contributed by atoms with van der Waals surface area (Å²) in [7, 11) is 0. The Bertz CT molecular complexity index is 221. The predicted molar refractivity (Wildman–Crippen MR) is 70.5 cm³/mol. The maximum Gasteiger partial charge on any atom is 0.00928 e. The number of allylic oxidation sites excluding steroid dienone is 2. The monoisotopic (exact) mass is 221 g/mol. The van der Waals surface area contributed by atoms with Crippen LogP contribution in [0.2, 0.25) is 0 Å². The SMILES string of the molecule is CC1CCCCCC1NCC1CC=CCC1. The van der Waals surface area contributed by atoms with Crippen LogP contribution in [0.1, 0.15) is 58.3 Å². The largest absolute Gasteiger partial charge is 0.313 e. The van der Waals surface area contributed by atoms with Gasteiger partial charge in [-0.1, -0.05) is 38.3 Å². The topological polar surface area (TPSA) is 12.0 Å². The maximum absolute atomic E-state index is 3.85. The van der Waals surface area contributed by atoms with Gasteiger partial charge in [0.05, 0.1) is 0 Å². The van der Waals surface area contributed by atoms with E-state index in [1.807, 2.05) is 0 Å². The molecule has 0 aromatic rings. The van der Waals surface area contributed by atoms with E-state index in [0.29, 0.717) is 0 Å². The summed E-state index contributed by atoms with van der Waals surface area (Å²) in [5, 5.41) is 3.85. The lowest BCUT2D eigenvalue weighted by molar-refractivity contribution is 0.323. The van der Waals surface area contributed by atoms with Crippen molar-refractivity contribution in [3.05, 3.63) is 12.2 Å². The van der Waals surface area contributed by atoms with Gasteiger partial charge >= 0.3 is 0 Å². The standard InChI is InChI=1S/C15H27N/c1-13-8-4-2-7-11-15(13)16-12-14-9-5-3-6-10-14/h3,5,13-16H,2,4,6-12H2,1H3. The molecular formula is C15H27N. The van der Waals surface area contributed by atoms with Crippen LogP contribution in [0.4, 0.5) is 0 Å². The van der Waals surface area contributed by atoms with Gasteiger partial charge in [-0.15, -0.1) is 0 Å². The first-order valence-electron chi connectivity index (χ1n) is 7.24. The molecule has 1 nitrogen and oxygen atoms in total. The van der Waals surface area contributed by atoms with Crippen molar-refractivity contribution in [1.29, 1.82) is 0 Å². The molecule has 2 aliphatic carbocycles. The maximum atomic E-state index is 3.85. The van der Waals surface area contributed by atoms with Gasteiger partial charge in [-0.3, -0.25) is 0 Å². The molecule has 1 saturated carbocycles. The van der Waals surface area contributed by atoms with Gasteiger partial charge in [-0.25, -0.2) is 0 Å². The Balaban J connectivity index is 1.72. The van der Waals surface area contributed by atoms with Crippen molar-refractivity contribution in [2.24, 2.45) is 11.8 Å². The fourth-order valence-corrected chi connectivity index (χ4v) is 3.16. The molecule has 0 aliphatic heterocycles. The molecule has 3 unspecified atom stereocenters. The molecule has 1 heteroatoms. The van der Waals surface area contributed by atoms with Crippen molar-refractivity contribution in [2.75, 3.05) is 6.54 Å². The van der Waals surface area contributed by atoms with E-state index < -0.39 is 0 Å². The van der Waals surface area contributed by atoms with Gasteiger partial charge in [0.2, 0.25) is 0 Å². The van der Waals surface area contributed by atoms with Gasteiger partial charge in [0.15, 0.2) is 0 Å². The minimum Gasteiger partial charge on any atom is -0.313 e. The molecule has 0 amide bonds. The number of hydrogen-bond acceptors (Lipinski definition) is 1. The third kappa shape index (κ3) is 3.62. The van der Waals surface area contributed by atoms with E-state index in [-0.39, 0.29) is 0 Å². The molecule has 0 aromatic heterocycles. The zero-order valence-corrected chi connectivity index (χ0v) is 10.8. The fourth-order valence-electron chi connectivity index (χ4n) is 3.16. The van der Waals surface area contributed by atoms with Crippen LogP contribution < -0.4 is 5.32 Å². The molecule has 3 atom stereocenters. The fraction of sp³-hybridized carbons (Fsp3) is 0.867. The summed E-state index contributed by atoms with van der Waals surface area (Å²) in [4.78, 5) is 0. The Hall–Kier alpha value is -0.300. The average molecular weight is 221 g/mol. The molecule has 1 fully saturated rings. The Morgan fingerprint density at radius 1 is 1.06 bits per heavy atom. The van der Waals surface area contributed by atoms with Crippen LogP contribution in [0.15, 0.2) is 12.2 Å². The van der Waals surface area contributed by atoms with Gasteiger partial charge in [-0.2, -0.15) is 0 Å². The van der Waals surface area contributed by atoms with E-state index in [2.05, 4.69) is 24.4 Å². The zero-order valence-electron chi connectivity index (χ0n) is 10.8. The molecular weight excluding hydrogens is 194 g/mol. The van der Waals surface area contributed by atoms with Crippen LogP contribution in [0.25, 0.3) is 0 Å². The van der Waals surface area contributed by atoms with Crippen LogP contribution in [-0.2, 0) is 0 Å². The first-order chi connectivity index (χ1) is 7.86. The van der Waals surface area contributed by atoms with Crippen LogP contribution in [0.3, 0.4) is 0 Å². The molecule has 1 N–H and O–H groups in total. The summed E-state index contributed by atoms with van der Waals surface area (Å²) in [5.41, 5.74) is 0. The van der Waals surface area contributed by atoms with E-state index in [9.17, 15) is 0 Å². The van der Waals surface area contributed by atoms with E-state index in [4.69, 9.17) is 0 Å². The van der Waals surface area contributed by atoms with Crippen molar-refractivity contribution in [2.45, 2.75) is 64.3 Å². The van der Waals surface area contributed by atoms with E-state index in [1.165, 1.54) is 57.9 Å². The smallest absolute Gasteiger partial charge is 0.00928 e. The van der Waals surface area contributed by atoms with Crippen molar-refractivity contribution in [1.82, 2.24) is 5.32 Å². The highest BCUT2D eigenvalue weighted by atomic mass is 14.9. The molecule has 0 radical (unpaired) electrons. The van der Waals surface area contributed by atoms with Crippen LogP contribution in [-0.4, -0.2) is 12.6 Å². The Morgan fingerprint density at radius 3 is 2.75 bits per heavy atom. The van der Waals surface area contributed by atoms with Crippen LogP contribution >= 0.6 is 0 Å². The molecule has 2 rings (SSSR count). The van der Waals surface area contributed by atoms with Crippen LogP contribution in [0.5, 0.6) is 0 Å². The zero-order chi connectivity index (χ0) is 11.2. The second-order valence-electron chi connectivity index (χ2n) is 5.78. The van der Waals surface area contributed by atoms with E-state index in [0.717, 1.165) is 17.9 Å².